The number of hydrogen-bond acceptors (Lipinski definition) is 5. The van der Waals surface area contributed by atoms with Gasteiger partial charge in [0.1, 0.15) is 11.1 Å². The summed E-state index contributed by atoms with van der Waals surface area (Å²) in [7, 11) is 0. The maximum Gasteiger partial charge on any atom is 0.114 e. The molecule has 0 aliphatic carbocycles. The Morgan fingerprint density at radius 3 is 2.44 bits per heavy atom. The summed E-state index contributed by atoms with van der Waals surface area (Å²) in [6.07, 6.45) is 1.50. The summed E-state index contributed by atoms with van der Waals surface area (Å²) in [6.45, 7) is 0. The summed E-state index contributed by atoms with van der Waals surface area (Å²) < 4.78 is 0. The molecule has 16 heavy (non-hydrogen) atoms. The van der Waals surface area contributed by atoms with Crippen molar-refractivity contribution in [1.29, 1.82) is 5.26 Å². The van der Waals surface area contributed by atoms with Gasteiger partial charge in [-0.1, -0.05) is 24.4 Å². The van der Waals surface area contributed by atoms with E-state index in [0.29, 0.717) is 5.56 Å². The average Bonchev–Trinajstić information content (AvgIpc) is 2.26. The Bertz CT molecular complexity index is 460. The third kappa shape index (κ3) is 3.03. The van der Waals surface area contributed by atoms with E-state index in [1.165, 1.54) is 18.2 Å². The van der Waals surface area contributed by atoms with Crippen LogP contribution < -0.4 is 11.0 Å². The van der Waals surface area contributed by atoms with Gasteiger partial charge in [-0.15, -0.1) is 0 Å². The minimum absolute atomic E-state index is 0.0131. The van der Waals surface area contributed by atoms with Crippen LogP contribution in [0.1, 0.15) is 5.56 Å². The van der Waals surface area contributed by atoms with Gasteiger partial charge in [-0.3, -0.25) is 5.21 Å². The highest BCUT2D eigenvalue weighted by molar-refractivity contribution is 7.80. The van der Waals surface area contributed by atoms with E-state index < -0.39 is 0 Å². The quantitative estimate of drug-likeness (QED) is 0.356. The van der Waals surface area contributed by atoms with Gasteiger partial charge in [0.05, 0.1) is 11.3 Å². The largest absolute Gasteiger partial charge is 0.733 e. The predicted octanol–water partition coefficient (Wildman–Crippen LogP) is 1.57. The lowest BCUT2D eigenvalue weighted by atomic mass is 10.1. The molecular weight excluding hydrogens is 226 g/mol. The van der Waals surface area contributed by atoms with Crippen LogP contribution in [0.3, 0.4) is 0 Å². The number of nitrogens with zero attached hydrogens (tertiary/aromatic N) is 2. The summed E-state index contributed by atoms with van der Waals surface area (Å²) in [4.78, 5) is 0.0131. The molecule has 0 atom stereocenters. The van der Waals surface area contributed by atoms with Crippen molar-refractivity contribution < 1.29 is 5.21 Å². The molecule has 1 aromatic carbocycles. The maximum atomic E-state index is 10.5. The molecule has 0 aromatic heterocycles. The van der Waals surface area contributed by atoms with E-state index in [-0.39, 0.29) is 21.5 Å². The SMILES string of the molecule is N#CC(=Cc1ccc(N([O-])O)cc1)C(N)=S. The van der Waals surface area contributed by atoms with Crippen molar-refractivity contribution in [3.63, 3.8) is 0 Å². The fourth-order valence-corrected chi connectivity index (χ4v) is 1.13. The van der Waals surface area contributed by atoms with Gasteiger partial charge in [-0.05, 0) is 23.8 Å². The lowest BCUT2D eigenvalue weighted by Crippen LogP contribution is -2.09. The third-order valence-electron chi connectivity index (χ3n) is 1.81. The number of benzene rings is 1. The van der Waals surface area contributed by atoms with Crippen LogP contribution in [0.25, 0.3) is 6.08 Å². The topological polar surface area (TPSA) is 96.3 Å². The van der Waals surface area contributed by atoms with Crippen molar-refractivity contribution in [3.8, 4) is 6.07 Å². The number of hydrogen-bond donors (Lipinski definition) is 2. The number of anilines is 1. The Morgan fingerprint density at radius 1 is 1.50 bits per heavy atom. The number of nitriles is 1. The Morgan fingerprint density at radius 2 is 2.06 bits per heavy atom. The van der Waals surface area contributed by atoms with Gasteiger partial charge in [0, 0.05) is 0 Å². The van der Waals surface area contributed by atoms with Crippen LogP contribution >= 0.6 is 12.2 Å². The van der Waals surface area contributed by atoms with Crippen LogP contribution in [0, 0.1) is 16.5 Å². The first-order chi connectivity index (χ1) is 7.54. The summed E-state index contributed by atoms with van der Waals surface area (Å²) in [6, 6.07) is 7.80. The first-order valence-corrected chi connectivity index (χ1v) is 4.63. The predicted molar refractivity (Wildman–Crippen MR) is 64.4 cm³/mol. The zero-order chi connectivity index (χ0) is 12.1. The molecule has 5 nitrogen and oxygen atoms in total. The Balaban J connectivity index is 3.00. The average molecular weight is 234 g/mol. The number of thiocarbonyl (C=S) groups is 1. The van der Waals surface area contributed by atoms with Gasteiger partial charge >= 0.3 is 0 Å². The second kappa shape index (κ2) is 5.23. The maximum absolute atomic E-state index is 10.5. The first-order valence-electron chi connectivity index (χ1n) is 4.22. The molecule has 0 aliphatic heterocycles. The minimum Gasteiger partial charge on any atom is -0.733 e. The lowest BCUT2D eigenvalue weighted by Gasteiger charge is -2.21. The molecule has 0 spiro atoms. The summed E-state index contributed by atoms with van der Waals surface area (Å²) in [5, 5.41) is 27.6. The number of rotatable bonds is 3. The molecule has 0 heterocycles. The van der Waals surface area contributed by atoms with Gasteiger partial charge in [-0.25, -0.2) is 0 Å². The van der Waals surface area contributed by atoms with E-state index in [9.17, 15) is 5.21 Å². The fraction of sp³-hybridized carbons (Fsp3) is 0. The summed E-state index contributed by atoms with van der Waals surface area (Å²) in [5.74, 6) is 0. The molecule has 0 saturated carbocycles. The number of nitrogens with two attached hydrogens (primary N) is 1. The molecule has 0 radical (unpaired) electrons. The second-order valence-corrected chi connectivity index (χ2v) is 3.34. The van der Waals surface area contributed by atoms with Crippen molar-refractivity contribution in [1.82, 2.24) is 0 Å². The molecule has 1 rings (SSSR count). The van der Waals surface area contributed by atoms with Crippen LogP contribution in [0.15, 0.2) is 29.8 Å². The normalized spacial score (nSPS) is 10.7. The van der Waals surface area contributed by atoms with E-state index >= 15 is 0 Å². The minimum atomic E-state index is -0.244. The molecule has 82 valence electrons. The molecule has 6 heteroatoms. The highest BCUT2D eigenvalue weighted by Gasteiger charge is 1.99. The Hall–Kier alpha value is -1.94. The molecule has 0 fully saturated rings. The fourth-order valence-electron chi connectivity index (χ4n) is 1.02. The van der Waals surface area contributed by atoms with E-state index in [4.69, 9.17) is 16.2 Å². The highest BCUT2D eigenvalue weighted by atomic mass is 32.1. The van der Waals surface area contributed by atoms with E-state index in [1.807, 2.05) is 6.07 Å². The molecule has 0 unspecified atom stereocenters. The van der Waals surface area contributed by atoms with E-state index in [0.717, 1.165) is 0 Å². The van der Waals surface area contributed by atoms with Crippen LogP contribution in [0.4, 0.5) is 5.69 Å². The monoisotopic (exact) mass is 234 g/mol. The van der Waals surface area contributed by atoms with Crippen molar-refractivity contribution in [2.24, 2.45) is 5.73 Å². The molecular formula is C10H8N3O2S-. The summed E-state index contributed by atoms with van der Waals surface area (Å²) in [5.41, 5.74) is 6.27. The van der Waals surface area contributed by atoms with E-state index in [1.54, 1.807) is 12.1 Å². The van der Waals surface area contributed by atoms with Crippen molar-refractivity contribution in [2.75, 3.05) is 5.23 Å². The zero-order valence-corrected chi connectivity index (χ0v) is 8.94. The molecule has 0 bridgehead atoms. The van der Waals surface area contributed by atoms with E-state index in [2.05, 4.69) is 12.2 Å². The molecule has 0 aliphatic rings. The second-order valence-electron chi connectivity index (χ2n) is 2.90. The molecule has 1 aromatic rings. The zero-order valence-electron chi connectivity index (χ0n) is 8.12. The molecule has 0 saturated heterocycles. The smallest absolute Gasteiger partial charge is 0.114 e. The van der Waals surface area contributed by atoms with Gasteiger partial charge in [-0.2, -0.15) is 5.26 Å². The summed E-state index contributed by atoms with van der Waals surface area (Å²) >= 11 is 4.67. The highest BCUT2D eigenvalue weighted by Crippen LogP contribution is 2.14. The van der Waals surface area contributed by atoms with Crippen LogP contribution in [-0.4, -0.2) is 10.2 Å². The first kappa shape index (κ1) is 12.1. The van der Waals surface area contributed by atoms with Gasteiger partial charge in [0.2, 0.25) is 0 Å². The van der Waals surface area contributed by atoms with Gasteiger partial charge < -0.3 is 16.2 Å². The van der Waals surface area contributed by atoms with Crippen molar-refractivity contribution in [3.05, 3.63) is 40.6 Å². The third-order valence-corrected chi connectivity index (χ3v) is 2.03. The van der Waals surface area contributed by atoms with Crippen molar-refractivity contribution in [2.45, 2.75) is 0 Å². The van der Waals surface area contributed by atoms with Crippen LogP contribution in [0.5, 0.6) is 0 Å². The standard InChI is InChI=1S/C10H8N3O2S/c11-6-8(10(12)16)5-7-1-3-9(4-2-7)13(14)15/h1-5,14H,(H2,12,16)/q-1. The lowest BCUT2D eigenvalue weighted by molar-refractivity contribution is 0.296. The molecule has 3 N–H and O–H groups in total. The van der Waals surface area contributed by atoms with Gasteiger partial charge in [0.25, 0.3) is 0 Å². The Kier molecular flexibility index (Phi) is 3.96. The molecule has 0 amide bonds. The van der Waals surface area contributed by atoms with Crippen LogP contribution in [0.2, 0.25) is 0 Å². The van der Waals surface area contributed by atoms with Crippen molar-refractivity contribution >= 4 is 29.0 Å². The Labute approximate surface area is 97.5 Å². The van der Waals surface area contributed by atoms with Gasteiger partial charge in [0.15, 0.2) is 0 Å². The van der Waals surface area contributed by atoms with Crippen LogP contribution in [-0.2, 0) is 0 Å².